The zero-order valence-electron chi connectivity index (χ0n) is 7.68. The van der Waals surface area contributed by atoms with Crippen molar-refractivity contribution in [1.29, 1.82) is 0 Å². The van der Waals surface area contributed by atoms with E-state index >= 15 is 0 Å². The van der Waals surface area contributed by atoms with Crippen LogP contribution in [0, 0.1) is 5.82 Å². The van der Waals surface area contributed by atoms with Gasteiger partial charge in [0, 0.05) is 5.56 Å². The Morgan fingerprint density at radius 1 is 1.33 bits per heavy atom. The molecule has 2 aromatic rings. The number of nitrogens with zero attached hydrogens (tertiary/aromatic N) is 2. The molecule has 0 radical (unpaired) electrons. The zero-order chi connectivity index (χ0) is 9.97. The molecule has 15 heavy (non-hydrogen) atoms. The summed E-state index contributed by atoms with van der Waals surface area (Å²) >= 11 is 0. The molecule has 0 aliphatic carbocycles. The Labute approximate surface area is 91.7 Å². The summed E-state index contributed by atoms with van der Waals surface area (Å²) in [6, 6.07) is 5.95. The van der Waals surface area contributed by atoms with Gasteiger partial charge < -0.3 is 10.2 Å². The van der Waals surface area contributed by atoms with Crippen LogP contribution in [0.3, 0.4) is 0 Å². The van der Waals surface area contributed by atoms with E-state index in [2.05, 4.69) is 10.2 Å². The van der Waals surface area contributed by atoms with E-state index in [0.717, 1.165) is 0 Å². The molecule has 0 fully saturated rings. The maximum absolute atomic E-state index is 12.8. The molecule has 0 aliphatic rings. The van der Waals surface area contributed by atoms with E-state index < -0.39 is 0 Å². The van der Waals surface area contributed by atoms with E-state index in [1.165, 1.54) is 12.1 Å². The van der Waals surface area contributed by atoms with Crippen molar-refractivity contribution in [2.24, 2.45) is 5.73 Å². The topological polar surface area (TPSA) is 64.9 Å². The van der Waals surface area contributed by atoms with E-state index in [4.69, 9.17) is 10.2 Å². The van der Waals surface area contributed by atoms with E-state index in [1.807, 2.05) is 0 Å². The summed E-state index contributed by atoms with van der Waals surface area (Å²) in [7, 11) is 0. The van der Waals surface area contributed by atoms with Crippen LogP contribution in [0.1, 0.15) is 5.89 Å². The Bertz CT molecular complexity index is 446. The van der Waals surface area contributed by atoms with E-state index in [0.29, 0.717) is 11.5 Å². The Morgan fingerprint density at radius 3 is 2.73 bits per heavy atom. The van der Waals surface area contributed by atoms with E-state index in [-0.39, 0.29) is 30.7 Å². The minimum Gasteiger partial charge on any atom is -0.419 e. The molecule has 0 unspecified atom stereocenters. The fourth-order valence-electron chi connectivity index (χ4n) is 1.07. The van der Waals surface area contributed by atoms with Gasteiger partial charge in [-0.15, -0.1) is 22.6 Å². The molecule has 0 aliphatic heterocycles. The Hall–Kier alpha value is -1.46. The van der Waals surface area contributed by atoms with E-state index in [9.17, 15) is 4.39 Å². The summed E-state index contributed by atoms with van der Waals surface area (Å²) in [5, 5.41) is 7.41. The van der Waals surface area contributed by atoms with Gasteiger partial charge in [-0.05, 0) is 18.2 Å². The standard InChI is InChI=1S/C9H8FN3O.ClH/c10-7-3-1-2-6(4-7)9-13-12-8(5-11)14-9;/h1-4H,5,11H2;1H. The van der Waals surface area contributed by atoms with Crippen LogP contribution in [-0.2, 0) is 6.54 Å². The predicted molar refractivity (Wildman–Crippen MR) is 54.8 cm³/mol. The van der Waals surface area contributed by atoms with Crippen LogP contribution < -0.4 is 5.73 Å². The molecular formula is C9H9ClFN3O. The largest absolute Gasteiger partial charge is 0.419 e. The third kappa shape index (κ3) is 2.51. The van der Waals surface area contributed by atoms with Crippen molar-refractivity contribution >= 4 is 12.4 Å². The molecule has 1 aromatic carbocycles. The highest BCUT2D eigenvalue weighted by Gasteiger charge is 2.07. The van der Waals surface area contributed by atoms with Crippen LogP contribution in [0.4, 0.5) is 4.39 Å². The van der Waals surface area contributed by atoms with Crippen LogP contribution in [0.15, 0.2) is 28.7 Å². The monoisotopic (exact) mass is 229 g/mol. The van der Waals surface area contributed by atoms with Crippen molar-refractivity contribution in [1.82, 2.24) is 10.2 Å². The lowest BCUT2D eigenvalue weighted by Gasteiger charge is -1.93. The normalized spacial score (nSPS) is 9.73. The first-order valence-electron chi connectivity index (χ1n) is 4.08. The van der Waals surface area contributed by atoms with Crippen molar-refractivity contribution in [2.45, 2.75) is 6.54 Å². The average Bonchev–Trinajstić information content (AvgIpc) is 2.66. The van der Waals surface area contributed by atoms with Gasteiger partial charge >= 0.3 is 0 Å². The quantitative estimate of drug-likeness (QED) is 0.852. The number of hydrogen-bond acceptors (Lipinski definition) is 4. The number of nitrogens with two attached hydrogens (primary N) is 1. The molecule has 1 heterocycles. The Balaban J connectivity index is 0.00000112. The maximum Gasteiger partial charge on any atom is 0.247 e. The third-order valence-corrected chi connectivity index (χ3v) is 1.71. The molecule has 1 aromatic heterocycles. The van der Waals surface area contributed by atoms with Gasteiger partial charge in [-0.2, -0.15) is 0 Å². The molecule has 2 N–H and O–H groups in total. The summed E-state index contributed by atoms with van der Waals surface area (Å²) in [5.41, 5.74) is 5.85. The molecule has 0 saturated carbocycles. The first-order valence-corrected chi connectivity index (χ1v) is 4.08. The molecule has 0 saturated heterocycles. The summed E-state index contributed by atoms with van der Waals surface area (Å²) in [5.74, 6) is 0.282. The molecule has 6 heteroatoms. The molecule has 2 rings (SSSR count). The highest BCUT2D eigenvalue weighted by molar-refractivity contribution is 5.85. The second kappa shape index (κ2) is 4.86. The Kier molecular flexibility index (Phi) is 3.76. The summed E-state index contributed by atoms with van der Waals surface area (Å²) in [6.07, 6.45) is 0. The molecule has 0 spiro atoms. The van der Waals surface area contributed by atoms with Crippen LogP contribution in [0.5, 0.6) is 0 Å². The summed E-state index contributed by atoms with van der Waals surface area (Å²) in [6.45, 7) is 0.183. The van der Waals surface area contributed by atoms with Crippen molar-refractivity contribution < 1.29 is 8.81 Å². The highest BCUT2D eigenvalue weighted by Crippen LogP contribution is 2.17. The minimum absolute atomic E-state index is 0. The van der Waals surface area contributed by atoms with E-state index in [1.54, 1.807) is 12.1 Å². The van der Waals surface area contributed by atoms with Gasteiger partial charge in [0.15, 0.2) is 0 Å². The fraction of sp³-hybridized carbons (Fsp3) is 0.111. The smallest absolute Gasteiger partial charge is 0.247 e. The van der Waals surface area contributed by atoms with Crippen molar-refractivity contribution in [2.75, 3.05) is 0 Å². The first kappa shape index (κ1) is 11.6. The average molecular weight is 230 g/mol. The van der Waals surface area contributed by atoms with Crippen LogP contribution >= 0.6 is 12.4 Å². The molecular weight excluding hydrogens is 221 g/mol. The number of rotatable bonds is 2. The van der Waals surface area contributed by atoms with Crippen LogP contribution in [0.2, 0.25) is 0 Å². The van der Waals surface area contributed by atoms with Gasteiger partial charge in [0.05, 0.1) is 6.54 Å². The van der Waals surface area contributed by atoms with Gasteiger partial charge in [-0.25, -0.2) is 4.39 Å². The van der Waals surface area contributed by atoms with Crippen molar-refractivity contribution in [3.05, 3.63) is 36.0 Å². The predicted octanol–water partition coefficient (Wildman–Crippen LogP) is 1.76. The second-order valence-corrected chi connectivity index (χ2v) is 2.72. The molecule has 4 nitrogen and oxygen atoms in total. The van der Waals surface area contributed by atoms with Crippen LogP contribution in [0.25, 0.3) is 11.5 Å². The molecule has 80 valence electrons. The van der Waals surface area contributed by atoms with Gasteiger partial charge in [0.2, 0.25) is 11.8 Å². The van der Waals surface area contributed by atoms with Gasteiger partial charge in [0.25, 0.3) is 0 Å². The van der Waals surface area contributed by atoms with Gasteiger partial charge in [-0.1, -0.05) is 6.07 Å². The number of benzene rings is 1. The molecule has 0 atom stereocenters. The lowest BCUT2D eigenvalue weighted by atomic mass is 10.2. The summed E-state index contributed by atoms with van der Waals surface area (Å²) < 4.78 is 18.0. The number of aromatic nitrogens is 2. The van der Waals surface area contributed by atoms with Crippen molar-refractivity contribution in [3.8, 4) is 11.5 Å². The second-order valence-electron chi connectivity index (χ2n) is 2.72. The SMILES string of the molecule is Cl.NCc1nnc(-c2cccc(F)c2)o1. The summed E-state index contributed by atoms with van der Waals surface area (Å²) in [4.78, 5) is 0. The van der Waals surface area contributed by atoms with Crippen LogP contribution in [-0.4, -0.2) is 10.2 Å². The molecule has 0 amide bonds. The first-order chi connectivity index (χ1) is 6.79. The maximum atomic E-state index is 12.8. The number of hydrogen-bond donors (Lipinski definition) is 1. The Morgan fingerprint density at radius 2 is 2.13 bits per heavy atom. The molecule has 0 bridgehead atoms. The fourth-order valence-corrected chi connectivity index (χ4v) is 1.07. The zero-order valence-corrected chi connectivity index (χ0v) is 8.50. The lowest BCUT2D eigenvalue weighted by molar-refractivity contribution is 0.508. The highest BCUT2D eigenvalue weighted by atomic mass is 35.5. The van der Waals surface area contributed by atoms with Gasteiger partial charge in [-0.3, -0.25) is 0 Å². The number of halogens is 2. The minimum atomic E-state index is -0.338. The third-order valence-electron chi connectivity index (χ3n) is 1.71. The van der Waals surface area contributed by atoms with Crippen molar-refractivity contribution in [3.63, 3.8) is 0 Å². The van der Waals surface area contributed by atoms with Gasteiger partial charge in [0.1, 0.15) is 5.82 Å². The lowest BCUT2D eigenvalue weighted by Crippen LogP contribution is -1.95.